The second-order valence-electron chi connectivity index (χ2n) is 9.15. The van der Waals surface area contributed by atoms with Crippen LogP contribution in [0.3, 0.4) is 0 Å². The van der Waals surface area contributed by atoms with Gasteiger partial charge < -0.3 is 5.32 Å². The lowest BCUT2D eigenvalue weighted by molar-refractivity contribution is 0.0904. The van der Waals surface area contributed by atoms with Gasteiger partial charge in [0, 0.05) is 24.5 Å². The van der Waals surface area contributed by atoms with Gasteiger partial charge in [-0.25, -0.2) is 0 Å². The number of aromatic nitrogens is 1. The van der Waals surface area contributed by atoms with Gasteiger partial charge in [-0.05, 0) is 69.0 Å². The Hall–Kier alpha value is -2.13. The summed E-state index contributed by atoms with van der Waals surface area (Å²) in [6, 6.07) is -1.06. The molecule has 1 N–H and O–H groups in total. The number of benzene rings is 1. The number of hydrogen-bond donors (Lipinski definition) is 1. The maximum atomic E-state index is 13.3. The SMILES string of the molecule is [2H]c1c([2H])c([2H])c2c(c1[2H])c([C@H]1CCNC1)c([2H])n2C(=O)CCCCCCC/C=C\C/C=C\CCCCC. The number of hydrogen-bond acceptors (Lipinski definition) is 2. The van der Waals surface area contributed by atoms with Crippen molar-refractivity contribution in [1.82, 2.24) is 9.88 Å². The molecule has 1 fully saturated rings. The van der Waals surface area contributed by atoms with Crippen molar-refractivity contribution < 1.29 is 11.6 Å². The van der Waals surface area contributed by atoms with E-state index in [1.54, 1.807) is 0 Å². The molecule has 0 aliphatic carbocycles. The van der Waals surface area contributed by atoms with Crippen molar-refractivity contribution in [2.24, 2.45) is 0 Å². The quantitative estimate of drug-likeness (QED) is 0.218. The summed E-state index contributed by atoms with van der Waals surface area (Å²) in [7, 11) is 0. The van der Waals surface area contributed by atoms with Crippen LogP contribution in [0.2, 0.25) is 0 Å². The van der Waals surface area contributed by atoms with Crippen LogP contribution in [0.25, 0.3) is 10.9 Å². The van der Waals surface area contributed by atoms with E-state index in [0.29, 0.717) is 23.9 Å². The van der Waals surface area contributed by atoms with Crippen molar-refractivity contribution in [3.05, 3.63) is 60.2 Å². The summed E-state index contributed by atoms with van der Waals surface area (Å²) < 4.78 is 43.3. The van der Waals surface area contributed by atoms with Crippen LogP contribution in [0, 0.1) is 0 Å². The topological polar surface area (TPSA) is 34.0 Å². The van der Waals surface area contributed by atoms with Crippen molar-refractivity contribution in [2.45, 2.75) is 96.3 Å². The van der Waals surface area contributed by atoms with Gasteiger partial charge >= 0.3 is 0 Å². The van der Waals surface area contributed by atoms with E-state index in [1.165, 1.54) is 30.3 Å². The Labute approximate surface area is 208 Å². The minimum atomic E-state index is -0.359. The van der Waals surface area contributed by atoms with Crippen molar-refractivity contribution >= 4 is 16.8 Å². The Kier molecular flexibility index (Phi) is 8.67. The number of fused-ring (bicyclic) bond motifs is 1. The molecule has 3 heteroatoms. The highest BCUT2D eigenvalue weighted by atomic mass is 16.2. The molecule has 0 spiro atoms. The van der Waals surface area contributed by atoms with Crippen LogP contribution in [0.1, 0.15) is 114 Å². The monoisotopic (exact) mass is 453 g/mol. The minimum absolute atomic E-state index is 0.0216. The standard InChI is InChI=1S/C30H44N2O/c1-2-3-4-5-6-7-8-9-10-11-12-13-14-15-16-21-30(33)32-25-28(26-22-23-31-24-26)27-19-17-18-20-29(27)32/h6-7,9-10,17-20,25-26,31H,2-5,8,11-16,21-24H2,1H3/b7-6-,10-9-/t26-/m0/s1/i17D,18D,19D,20D,25D. The van der Waals surface area contributed by atoms with Gasteiger partial charge in [-0.3, -0.25) is 9.36 Å². The number of nitrogens with zero attached hydrogens (tertiary/aromatic N) is 1. The third-order valence-electron chi connectivity index (χ3n) is 6.45. The molecule has 0 saturated carbocycles. The van der Waals surface area contributed by atoms with Gasteiger partial charge in [0.2, 0.25) is 5.91 Å². The highest BCUT2D eigenvalue weighted by Gasteiger charge is 2.22. The second kappa shape index (κ2) is 14.9. The molecular weight excluding hydrogens is 404 g/mol. The predicted octanol–water partition coefficient (Wildman–Crippen LogP) is 8.17. The molecule has 180 valence electrons. The van der Waals surface area contributed by atoms with Crippen LogP contribution < -0.4 is 5.32 Å². The molecule has 1 aromatic heterocycles. The minimum Gasteiger partial charge on any atom is -0.316 e. The molecule has 1 atom stereocenters. The van der Waals surface area contributed by atoms with Gasteiger partial charge in [-0.15, -0.1) is 0 Å². The zero-order valence-electron chi connectivity index (χ0n) is 25.3. The fraction of sp³-hybridized carbons (Fsp3) is 0.567. The van der Waals surface area contributed by atoms with Gasteiger partial charge in [-0.2, -0.15) is 0 Å². The lowest BCUT2D eigenvalue weighted by atomic mass is 9.98. The lowest BCUT2D eigenvalue weighted by Gasteiger charge is -2.06. The van der Waals surface area contributed by atoms with Crippen molar-refractivity contribution in [2.75, 3.05) is 13.1 Å². The van der Waals surface area contributed by atoms with Gasteiger partial charge in [0.15, 0.2) is 0 Å². The second-order valence-corrected chi connectivity index (χ2v) is 9.15. The largest absolute Gasteiger partial charge is 0.316 e. The highest BCUT2D eigenvalue weighted by molar-refractivity contribution is 5.94. The van der Waals surface area contributed by atoms with Crippen molar-refractivity contribution in [1.29, 1.82) is 0 Å². The first-order chi connectivity index (χ1) is 18.4. The average Bonchev–Trinajstić information content (AvgIpc) is 3.54. The third kappa shape index (κ3) is 8.30. The number of carbonyl (C=O) groups is 1. The fourth-order valence-corrected chi connectivity index (χ4v) is 4.48. The third-order valence-corrected chi connectivity index (χ3v) is 6.45. The first-order valence-corrected chi connectivity index (χ1v) is 13.0. The molecule has 0 amide bonds. The normalized spacial score (nSPS) is 18.7. The maximum absolute atomic E-state index is 13.3. The molecule has 2 heterocycles. The number of carbonyl (C=O) groups excluding carboxylic acids is 1. The van der Waals surface area contributed by atoms with E-state index in [0.717, 1.165) is 51.5 Å². The molecule has 3 rings (SSSR count). The zero-order valence-corrected chi connectivity index (χ0v) is 20.3. The smallest absolute Gasteiger partial charge is 0.231 e. The summed E-state index contributed by atoms with van der Waals surface area (Å²) in [4.78, 5) is 13.3. The van der Waals surface area contributed by atoms with Gasteiger partial charge in [-0.1, -0.05) is 81.5 Å². The Morgan fingerprint density at radius 3 is 2.52 bits per heavy atom. The van der Waals surface area contributed by atoms with Crippen LogP contribution in [-0.2, 0) is 0 Å². The van der Waals surface area contributed by atoms with E-state index >= 15 is 0 Å². The fourth-order valence-electron chi connectivity index (χ4n) is 4.48. The van der Waals surface area contributed by atoms with E-state index in [9.17, 15) is 4.79 Å². The maximum Gasteiger partial charge on any atom is 0.231 e. The molecule has 3 nitrogen and oxygen atoms in total. The summed E-state index contributed by atoms with van der Waals surface area (Å²) in [6.45, 7) is 3.66. The number of rotatable bonds is 15. The summed E-state index contributed by atoms with van der Waals surface area (Å²) >= 11 is 0. The Bertz CT molecular complexity index is 1130. The van der Waals surface area contributed by atoms with Crippen LogP contribution >= 0.6 is 0 Å². The van der Waals surface area contributed by atoms with Crippen LogP contribution in [0.4, 0.5) is 0 Å². The molecular formula is C30H44N2O. The molecule has 2 aromatic rings. The number of allylic oxidation sites excluding steroid dienone is 4. The first-order valence-electron chi connectivity index (χ1n) is 15.5. The number of para-hydroxylation sites is 1. The van der Waals surface area contributed by atoms with Crippen molar-refractivity contribution in [3.8, 4) is 0 Å². The Morgan fingerprint density at radius 1 is 1.03 bits per heavy atom. The first kappa shape index (κ1) is 19.2. The Balaban J connectivity index is 1.51. The van der Waals surface area contributed by atoms with E-state index in [-0.39, 0.29) is 54.1 Å². The molecule has 1 aromatic carbocycles. The van der Waals surface area contributed by atoms with Crippen LogP contribution in [-0.4, -0.2) is 23.6 Å². The number of nitrogens with one attached hydrogen (secondary N) is 1. The van der Waals surface area contributed by atoms with Crippen molar-refractivity contribution in [3.63, 3.8) is 0 Å². The molecule has 33 heavy (non-hydrogen) atoms. The van der Waals surface area contributed by atoms with E-state index < -0.39 is 0 Å². The van der Waals surface area contributed by atoms with Crippen LogP contribution in [0.5, 0.6) is 0 Å². The molecule has 0 unspecified atom stereocenters. The molecule has 1 aliphatic heterocycles. The molecule has 1 saturated heterocycles. The van der Waals surface area contributed by atoms with E-state index in [2.05, 4.69) is 36.5 Å². The van der Waals surface area contributed by atoms with Gasteiger partial charge in [0.05, 0.1) is 12.4 Å². The average molecular weight is 454 g/mol. The molecule has 0 bridgehead atoms. The summed E-state index contributed by atoms with van der Waals surface area (Å²) in [5, 5.41) is 3.60. The molecule has 0 radical (unpaired) electrons. The van der Waals surface area contributed by atoms with E-state index in [4.69, 9.17) is 6.85 Å². The summed E-state index contributed by atoms with van der Waals surface area (Å²) in [5.74, 6) is -0.290. The summed E-state index contributed by atoms with van der Waals surface area (Å²) in [5.41, 5.74) is 0.737. The Morgan fingerprint density at radius 2 is 1.76 bits per heavy atom. The lowest BCUT2D eigenvalue weighted by Crippen LogP contribution is -2.09. The van der Waals surface area contributed by atoms with E-state index in [1.807, 2.05) is 0 Å². The van der Waals surface area contributed by atoms with Gasteiger partial charge in [0.1, 0.15) is 0 Å². The molecule has 1 aliphatic rings. The predicted molar refractivity (Wildman–Crippen MR) is 142 cm³/mol. The van der Waals surface area contributed by atoms with Crippen LogP contribution in [0.15, 0.2) is 54.6 Å². The summed E-state index contributed by atoms with van der Waals surface area (Å²) in [6.07, 6.45) is 22.2. The van der Waals surface area contributed by atoms with Gasteiger partial charge in [0.25, 0.3) is 0 Å². The number of unbranched alkanes of at least 4 members (excludes halogenated alkanes) is 8. The zero-order chi connectivity index (χ0) is 27.5. The highest BCUT2D eigenvalue weighted by Crippen LogP contribution is 2.31.